The summed E-state index contributed by atoms with van der Waals surface area (Å²) < 4.78 is 6.61. The van der Waals surface area contributed by atoms with Crippen molar-refractivity contribution in [1.29, 1.82) is 0 Å². The van der Waals surface area contributed by atoms with Crippen LogP contribution in [-0.4, -0.2) is 19.7 Å². The second-order valence-corrected chi connectivity index (χ2v) is 3.84. The molecule has 0 fully saturated rings. The third-order valence-corrected chi connectivity index (χ3v) is 2.50. The number of rotatable bonds is 6. The summed E-state index contributed by atoms with van der Waals surface area (Å²) in [5.74, 6) is 0.920. The smallest absolute Gasteiger partial charge is 0.133 e. The zero-order valence-electron chi connectivity index (χ0n) is 8.42. The Bertz CT molecular complexity index is 265. The molecule has 0 atom stereocenters. The molecule has 2 nitrogen and oxygen atoms in total. The molecule has 0 unspecified atom stereocenters. The SMILES string of the molecule is CCNCCCOc1ccccc1Br. The van der Waals surface area contributed by atoms with Gasteiger partial charge in [0.05, 0.1) is 11.1 Å². The first-order chi connectivity index (χ1) is 6.84. The van der Waals surface area contributed by atoms with Gasteiger partial charge in [0.1, 0.15) is 5.75 Å². The minimum atomic E-state index is 0.760. The van der Waals surface area contributed by atoms with Crippen molar-refractivity contribution in [2.24, 2.45) is 0 Å². The number of hydrogen-bond donors (Lipinski definition) is 1. The normalized spacial score (nSPS) is 10.1. The number of para-hydroxylation sites is 1. The molecule has 0 saturated carbocycles. The van der Waals surface area contributed by atoms with E-state index in [0.717, 1.165) is 36.3 Å². The van der Waals surface area contributed by atoms with E-state index in [2.05, 4.69) is 28.2 Å². The maximum atomic E-state index is 5.60. The van der Waals surface area contributed by atoms with E-state index in [4.69, 9.17) is 4.74 Å². The summed E-state index contributed by atoms with van der Waals surface area (Å²) in [5, 5.41) is 3.26. The summed E-state index contributed by atoms with van der Waals surface area (Å²) in [4.78, 5) is 0. The van der Waals surface area contributed by atoms with E-state index in [9.17, 15) is 0 Å². The van der Waals surface area contributed by atoms with Gasteiger partial charge in [0.2, 0.25) is 0 Å². The van der Waals surface area contributed by atoms with Crippen molar-refractivity contribution in [1.82, 2.24) is 5.32 Å². The quantitative estimate of drug-likeness (QED) is 0.792. The van der Waals surface area contributed by atoms with Crippen LogP contribution in [0.5, 0.6) is 5.75 Å². The first-order valence-corrected chi connectivity index (χ1v) is 5.72. The average Bonchev–Trinajstić information content (AvgIpc) is 2.20. The average molecular weight is 258 g/mol. The molecular formula is C11H16BrNO. The highest BCUT2D eigenvalue weighted by atomic mass is 79.9. The molecule has 1 aromatic carbocycles. The molecule has 1 rings (SSSR count). The van der Waals surface area contributed by atoms with Gasteiger partial charge in [-0.05, 0) is 47.6 Å². The monoisotopic (exact) mass is 257 g/mol. The molecule has 0 saturated heterocycles. The zero-order valence-corrected chi connectivity index (χ0v) is 10.0. The van der Waals surface area contributed by atoms with E-state index in [-0.39, 0.29) is 0 Å². The van der Waals surface area contributed by atoms with Gasteiger partial charge < -0.3 is 10.1 Å². The number of benzene rings is 1. The molecule has 0 amide bonds. The van der Waals surface area contributed by atoms with Crippen LogP contribution >= 0.6 is 15.9 Å². The van der Waals surface area contributed by atoms with Gasteiger partial charge in [0.25, 0.3) is 0 Å². The molecule has 0 aliphatic carbocycles. The second kappa shape index (κ2) is 6.85. The van der Waals surface area contributed by atoms with Gasteiger partial charge in [-0.2, -0.15) is 0 Å². The summed E-state index contributed by atoms with van der Waals surface area (Å²) >= 11 is 3.44. The maximum Gasteiger partial charge on any atom is 0.133 e. The van der Waals surface area contributed by atoms with E-state index in [1.165, 1.54) is 0 Å². The predicted octanol–water partition coefficient (Wildman–Crippen LogP) is 2.83. The highest BCUT2D eigenvalue weighted by Gasteiger charge is 1.97. The molecule has 0 radical (unpaired) electrons. The molecule has 0 spiro atoms. The van der Waals surface area contributed by atoms with E-state index >= 15 is 0 Å². The van der Waals surface area contributed by atoms with Gasteiger partial charge in [-0.25, -0.2) is 0 Å². The molecule has 1 aromatic rings. The van der Waals surface area contributed by atoms with Gasteiger partial charge >= 0.3 is 0 Å². The molecule has 0 aliphatic rings. The summed E-state index contributed by atoms with van der Waals surface area (Å²) in [6.45, 7) is 4.90. The number of hydrogen-bond acceptors (Lipinski definition) is 2. The van der Waals surface area contributed by atoms with Crippen molar-refractivity contribution in [2.45, 2.75) is 13.3 Å². The summed E-state index contributed by atoms with van der Waals surface area (Å²) in [6, 6.07) is 7.91. The van der Waals surface area contributed by atoms with Gasteiger partial charge in [0.15, 0.2) is 0 Å². The fourth-order valence-corrected chi connectivity index (χ4v) is 1.52. The van der Waals surface area contributed by atoms with Crippen LogP contribution in [-0.2, 0) is 0 Å². The summed E-state index contributed by atoms with van der Waals surface area (Å²) in [6.07, 6.45) is 1.04. The van der Waals surface area contributed by atoms with Crippen LogP contribution in [0.4, 0.5) is 0 Å². The lowest BCUT2D eigenvalue weighted by molar-refractivity contribution is 0.307. The lowest BCUT2D eigenvalue weighted by atomic mass is 10.3. The van der Waals surface area contributed by atoms with Crippen LogP contribution in [0.25, 0.3) is 0 Å². The van der Waals surface area contributed by atoms with Gasteiger partial charge in [-0.1, -0.05) is 19.1 Å². The summed E-state index contributed by atoms with van der Waals surface area (Å²) in [7, 11) is 0. The second-order valence-electron chi connectivity index (χ2n) is 2.99. The van der Waals surface area contributed by atoms with Gasteiger partial charge in [-0.3, -0.25) is 0 Å². The van der Waals surface area contributed by atoms with Crippen LogP contribution < -0.4 is 10.1 Å². The highest BCUT2D eigenvalue weighted by Crippen LogP contribution is 2.23. The number of halogens is 1. The first kappa shape index (κ1) is 11.5. The minimum absolute atomic E-state index is 0.760. The lowest BCUT2D eigenvalue weighted by Crippen LogP contribution is -2.16. The Morgan fingerprint density at radius 1 is 1.36 bits per heavy atom. The Labute approximate surface area is 93.8 Å². The maximum absolute atomic E-state index is 5.60. The largest absolute Gasteiger partial charge is 0.492 e. The molecule has 0 heterocycles. The Morgan fingerprint density at radius 3 is 2.86 bits per heavy atom. The summed E-state index contributed by atoms with van der Waals surface area (Å²) in [5.41, 5.74) is 0. The lowest BCUT2D eigenvalue weighted by Gasteiger charge is -2.07. The third kappa shape index (κ3) is 4.11. The molecule has 0 aromatic heterocycles. The third-order valence-electron chi connectivity index (χ3n) is 1.84. The Morgan fingerprint density at radius 2 is 2.14 bits per heavy atom. The van der Waals surface area contributed by atoms with Crippen LogP contribution in [0, 0.1) is 0 Å². The molecule has 14 heavy (non-hydrogen) atoms. The van der Waals surface area contributed by atoms with Gasteiger partial charge in [0, 0.05) is 0 Å². The van der Waals surface area contributed by atoms with Crippen LogP contribution in [0.2, 0.25) is 0 Å². The van der Waals surface area contributed by atoms with Crippen molar-refractivity contribution in [2.75, 3.05) is 19.7 Å². The predicted molar refractivity (Wildman–Crippen MR) is 62.8 cm³/mol. The molecule has 0 bridgehead atoms. The van der Waals surface area contributed by atoms with Crippen molar-refractivity contribution in [3.63, 3.8) is 0 Å². The molecule has 78 valence electrons. The van der Waals surface area contributed by atoms with E-state index in [1.54, 1.807) is 0 Å². The van der Waals surface area contributed by atoms with Crippen LogP contribution in [0.1, 0.15) is 13.3 Å². The molecular weight excluding hydrogens is 242 g/mol. The van der Waals surface area contributed by atoms with Crippen molar-refractivity contribution in [3.8, 4) is 5.75 Å². The van der Waals surface area contributed by atoms with Crippen LogP contribution in [0.15, 0.2) is 28.7 Å². The molecule has 0 aliphatic heterocycles. The Hall–Kier alpha value is -0.540. The fraction of sp³-hybridized carbons (Fsp3) is 0.455. The minimum Gasteiger partial charge on any atom is -0.492 e. The standard InChI is InChI=1S/C11H16BrNO/c1-2-13-8-5-9-14-11-7-4-3-6-10(11)12/h3-4,6-7,13H,2,5,8-9H2,1H3. The topological polar surface area (TPSA) is 21.3 Å². The Balaban J connectivity index is 2.21. The van der Waals surface area contributed by atoms with E-state index < -0.39 is 0 Å². The molecule has 1 N–H and O–H groups in total. The zero-order chi connectivity index (χ0) is 10.2. The highest BCUT2D eigenvalue weighted by molar-refractivity contribution is 9.10. The van der Waals surface area contributed by atoms with E-state index in [1.807, 2.05) is 24.3 Å². The van der Waals surface area contributed by atoms with Crippen LogP contribution in [0.3, 0.4) is 0 Å². The number of nitrogens with one attached hydrogen (secondary N) is 1. The van der Waals surface area contributed by atoms with Crippen molar-refractivity contribution < 1.29 is 4.74 Å². The van der Waals surface area contributed by atoms with E-state index in [0.29, 0.717) is 0 Å². The fourth-order valence-electron chi connectivity index (χ4n) is 1.12. The molecule has 3 heteroatoms. The van der Waals surface area contributed by atoms with Crippen molar-refractivity contribution in [3.05, 3.63) is 28.7 Å². The first-order valence-electron chi connectivity index (χ1n) is 4.92. The number of ether oxygens (including phenoxy) is 1. The Kier molecular flexibility index (Phi) is 5.64. The van der Waals surface area contributed by atoms with Crippen molar-refractivity contribution >= 4 is 15.9 Å². The van der Waals surface area contributed by atoms with Gasteiger partial charge in [-0.15, -0.1) is 0 Å².